The van der Waals surface area contributed by atoms with Gasteiger partial charge in [-0.25, -0.2) is 0 Å². The molecule has 1 rings (SSSR count). The van der Waals surface area contributed by atoms with Crippen LogP contribution in [0.3, 0.4) is 0 Å². The van der Waals surface area contributed by atoms with E-state index in [0.29, 0.717) is 0 Å². The minimum atomic E-state index is 1.14. The van der Waals surface area contributed by atoms with Crippen LogP contribution in [0.5, 0.6) is 0 Å². The zero-order valence-corrected chi connectivity index (χ0v) is 8.78. The van der Waals surface area contributed by atoms with Gasteiger partial charge in [-0.15, -0.1) is 0 Å². The van der Waals surface area contributed by atoms with Gasteiger partial charge in [0.1, 0.15) is 0 Å². The molecule has 0 atom stereocenters. The van der Waals surface area contributed by atoms with Crippen LogP contribution in [0.4, 0.5) is 0 Å². The molecule has 1 radical (unpaired) electrons. The van der Waals surface area contributed by atoms with Crippen molar-refractivity contribution in [3.8, 4) is 0 Å². The SMILES string of the molecule is [C]1=CCCCC=CCCCC=CC=C1. The molecule has 0 N–H and O–H groups in total. The fraction of sp³-hybridized carbons (Fsp3) is 0.429. The molecule has 0 nitrogen and oxygen atoms in total. The highest BCUT2D eigenvalue weighted by atomic mass is 13.9. The third-order valence-corrected chi connectivity index (χ3v) is 2.18. The monoisotopic (exact) mass is 187 g/mol. The van der Waals surface area contributed by atoms with E-state index in [1.165, 1.54) is 32.1 Å². The van der Waals surface area contributed by atoms with Crippen LogP contribution in [0.2, 0.25) is 0 Å². The first kappa shape index (κ1) is 11.0. The molecule has 0 saturated carbocycles. The summed E-state index contributed by atoms with van der Waals surface area (Å²) in [6, 6.07) is 0. The number of allylic oxidation sites excluding steroid dienone is 8. The fourth-order valence-electron chi connectivity index (χ4n) is 1.36. The van der Waals surface area contributed by atoms with Crippen molar-refractivity contribution in [3.63, 3.8) is 0 Å². The fourth-order valence-corrected chi connectivity index (χ4v) is 1.36. The van der Waals surface area contributed by atoms with E-state index in [4.69, 9.17) is 0 Å². The average molecular weight is 187 g/mol. The van der Waals surface area contributed by atoms with Crippen molar-refractivity contribution in [1.29, 1.82) is 0 Å². The van der Waals surface area contributed by atoms with Gasteiger partial charge in [0.05, 0.1) is 0 Å². The van der Waals surface area contributed by atoms with Crippen molar-refractivity contribution in [2.45, 2.75) is 38.5 Å². The van der Waals surface area contributed by atoms with Crippen molar-refractivity contribution in [2.24, 2.45) is 0 Å². The number of hydrogen-bond donors (Lipinski definition) is 0. The molecule has 0 aromatic carbocycles. The Hall–Kier alpha value is -1.04. The van der Waals surface area contributed by atoms with Gasteiger partial charge in [0.2, 0.25) is 0 Å². The summed E-state index contributed by atoms with van der Waals surface area (Å²) in [5.74, 6) is 0. The second-order valence-electron chi connectivity index (χ2n) is 3.49. The average Bonchev–Trinajstić information content (AvgIpc) is 2.22. The van der Waals surface area contributed by atoms with E-state index in [1.54, 1.807) is 0 Å². The molecule has 0 heteroatoms. The van der Waals surface area contributed by atoms with Gasteiger partial charge in [-0.2, -0.15) is 0 Å². The van der Waals surface area contributed by atoms with Crippen LogP contribution in [-0.2, 0) is 0 Å². The maximum atomic E-state index is 3.16. The van der Waals surface area contributed by atoms with Crippen LogP contribution >= 0.6 is 0 Å². The molecular weight excluding hydrogens is 168 g/mol. The second kappa shape index (κ2) is 8.55. The maximum absolute atomic E-state index is 3.16. The molecule has 14 heavy (non-hydrogen) atoms. The molecule has 1 aliphatic rings. The minimum absolute atomic E-state index is 1.14. The van der Waals surface area contributed by atoms with E-state index in [1.807, 2.05) is 6.08 Å². The molecular formula is C14H19. The number of rotatable bonds is 0. The highest BCUT2D eigenvalue weighted by molar-refractivity contribution is 5.07. The zero-order valence-electron chi connectivity index (χ0n) is 8.78. The van der Waals surface area contributed by atoms with Crippen LogP contribution in [-0.4, -0.2) is 0 Å². The van der Waals surface area contributed by atoms with Gasteiger partial charge in [-0.1, -0.05) is 42.5 Å². The molecule has 0 heterocycles. The Bertz CT molecular complexity index is 204. The summed E-state index contributed by atoms with van der Waals surface area (Å²) in [5.41, 5.74) is 0. The molecule has 0 saturated heterocycles. The van der Waals surface area contributed by atoms with E-state index in [0.717, 1.165) is 6.42 Å². The summed E-state index contributed by atoms with van der Waals surface area (Å²) in [5, 5.41) is 0. The molecule has 0 amide bonds. The van der Waals surface area contributed by atoms with Crippen LogP contribution < -0.4 is 0 Å². The van der Waals surface area contributed by atoms with Gasteiger partial charge in [-0.3, -0.25) is 0 Å². The lowest BCUT2D eigenvalue weighted by Gasteiger charge is -1.92. The van der Waals surface area contributed by atoms with Crippen molar-refractivity contribution in [2.75, 3.05) is 0 Å². The third kappa shape index (κ3) is 6.47. The number of hydrogen-bond acceptors (Lipinski definition) is 0. The lowest BCUT2D eigenvalue weighted by Crippen LogP contribution is -1.72. The Morgan fingerprint density at radius 3 is 2.29 bits per heavy atom. The quantitative estimate of drug-likeness (QED) is 0.494. The van der Waals surface area contributed by atoms with Gasteiger partial charge in [-0.05, 0) is 44.6 Å². The topological polar surface area (TPSA) is 0 Å². The maximum Gasteiger partial charge on any atom is -0.0227 e. The van der Waals surface area contributed by atoms with Gasteiger partial charge in [0.25, 0.3) is 0 Å². The molecule has 0 aromatic rings. The van der Waals surface area contributed by atoms with Gasteiger partial charge >= 0.3 is 0 Å². The summed E-state index contributed by atoms with van der Waals surface area (Å²) >= 11 is 0. The first-order chi connectivity index (χ1) is 7.00. The van der Waals surface area contributed by atoms with E-state index < -0.39 is 0 Å². The molecule has 0 bridgehead atoms. The summed E-state index contributed by atoms with van der Waals surface area (Å²) in [7, 11) is 0. The summed E-state index contributed by atoms with van der Waals surface area (Å²) in [6.45, 7) is 0. The van der Waals surface area contributed by atoms with Crippen LogP contribution in [0.25, 0.3) is 0 Å². The Balaban J connectivity index is 2.35. The van der Waals surface area contributed by atoms with Gasteiger partial charge in [0.15, 0.2) is 0 Å². The second-order valence-corrected chi connectivity index (χ2v) is 3.49. The highest BCUT2D eigenvalue weighted by Crippen LogP contribution is 2.02. The lowest BCUT2D eigenvalue weighted by atomic mass is 10.1. The molecule has 0 unspecified atom stereocenters. The standard InChI is InChI=1S/C14H19/c1-2-4-6-8-10-12-14-13-11-9-7-5-3-1/h1-4,8,11,13H,5,7,9-10,12,14H2. The molecule has 0 fully saturated rings. The Morgan fingerprint density at radius 2 is 1.43 bits per heavy atom. The lowest BCUT2D eigenvalue weighted by molar-refractivity contribution is 0.840. The smallest absolute Gasteiger partial charge is 0.0227 e. The van der Waals surface area contributed by atoms with Gasteiger partial charge in [0, 0.05) is 0 Å². The van der Waals surface area contributed by atoms with E-state index in [2.05, 4.69) is 42.5 Å². The Morgan fingerprint density at radius 1 is 0.714 bits per heavy atom. The van der Waals surface area contributed by atoms with Crippen molar-refractivity contribution < 1.29 is 0 Å². The molecule has 75 valence electrons. The van der Waals surface area contributed by atoms with Crippen molar-refractivity contribution in [3.05, 3.63) is 48.6 Å². The van der Waals surface area contributed by atoms with Crippen LogP contribution in [0, 0.1) is 6.08 Å². The molecule has 0 aromatic heterocycles. The van der Waals surface area contributed by atoms with Gasteiger partial charge < -0.3 is 0 Å². The summed E-state index contributed by atoms with van der Waals surface area (Å²) in [4.78, 5) is 0. The van der Waals surface area contributed by atoms with Crippen LogP contribution in [0.1, 0.15) is 38.5 Å². The minimum Gasteiger partial charge on any atom is -0.0885 e. The predicted molar refractivity (Wildman–Crippen MR) is 62.9 cm³/mol. The van der Waals surface area contributed by atoms with E-state index >= 15 is 0 Å². The molecule has 0 aliphatic heterocycles. The largest absolute Gasteiger partial charge is 0.0885 e. The first-order valence-corrected chi connectivity index (χ1v) is 5.54. The molecule has 0 spiro atoms. The summed E-state index contributed by atoms with van der Waals surface area (Å²) < 4.78 is 0. The predicted octanol–water partition coefficient (Wildman–Crippen LogP) is 4.37. The van der Waals surface area contributed by atoms with E-state index in [9.17, 15) is 0 Å². The van der Waals surface area contributed by atoms with Crippen LogP contribution in [0.15, 0.2) is 42.5 Å². The first-order valence-electron chi connectivity index (χ1n) is 5.54. The molecule has 1 aliphatic carbocycles. The summed E-state index contributed by atoms with van der Waals surface area (Å²) in [6.07, 6.45) is 25.5. The third-order valence-electron chi connectivity index (χ3n) is 2.18. The van der Waals surface area contributed by atoms with E-state index in [-0.39, 0.29) is 0 Å². The van der Waals surface area contributed by atoms with Crippen molar-refractivity contribution >= 4 is 0 Å². The highest BCUT2D eigenvalue weighted by Gasteiger charge is 1.83. The zero-order chi connectivity index (χ0) is 9.90. The normalized spacial score (nSPS) is 19.4. The van der Waals surface area contributed by atoms with Crippen molar-refractivity contribution in [1.82, 2.24) is 0 Å². The Kier molecular flexibility index (Phi) is 6.74. The Labute approximate surface area is 87.7 Å².